The molecule has 4 aromatic rings. The van der Waals surface area contributed by atoms with Gasteiger partial charge < -0.3 is 14.5 Å². The van der Waals surface area contributed by atoms with Gasteiger partial charge in [0.05, 0.1) is 18.9 Å². The molecule has 1 saturated heterocycles. The average molecular weight is 508 g/mol. The third-order valence-corrected chi connectivity index (χ3v) is 7.60. The van der Waals surface area contributed by atoms with Crippen molar-refractivity contribution < 1.29 is 13.9 Å². The van der Waals surface area contributed by atoms with E-state index in [9.17, 15) is 14.4 Å². The van der Waals surface area contributed by atoms with Crippen molar-refractivity contribution in [2.75, 3.05) is 38.2 Å². The second-order valence-electron chi connectivity index (χ2n) is 9.79. The van der Waals surface area contributed by atoms with E-state index >= 15 is 0 Å². The SMILES string of the molecule is COc1ccccc1C(c1cccc2ccccc12)[C@@](C)(C#N)C(=O)N1CCN(c2ccccc2F)CC1. The molecular weight excluding hydrogens is 477 g/mol. The van der Waals surface area contributed by atoms with Crippen molar-refractivity contribution in [2.45, 2.75) is 12.8 Å². The van der Waals surface area contributed by atoms with Gasteiger partial charge in [-0.25, -0.2) is 4.39 Å². The van der Waals surface area contributed by atoms with E-state index in [1.165, 1.54) is 6.07 Å². The summed E-state index contributed by atoms with van der Waals surface area (Å²) in [5, 5.41) is 12.7. The highest BCUT2D eigenvalue weighted by Crippen LogP contribution is 2.47. The number of ether oxygens (including phenoxy) is 1. The van der Waals surface area contributed by atoms with Crippen LogP contribution >= 0.6 is 0 Å². The van der Waals surface area contributed by atoms with Gasteiger partial charge in [-0.15, -0.1) is 0 Å². The molecule has 0 bridgehead atoms. The summed E-state index contributed by atoms with van der Waals surface area (Å²) in [6, 6.07) is 30.7. The van der Waals surface area contributed by atoms with Gasteiger partial charge in [-0.1, -0.05) is 72.8 Å². The number of anilines is 1. The molecule has 0 radical (unpaired) electrons. The van der Waals surface area contributed by atoms with Crippen molar-refractivity contribution in [3.05, 3.63) is 108 Å². The summed E-state index contributed by atoms with van der Waals surface area (Å²) in [6.07, 6.45) is 0. The summed E-state index contributed by atoms with van der Waals surface area (Å²) in [6.45, 7) is 3.51. The number of nitrogens with zero attached hydrogens (tertiary/aromatic N) is 3. The van der Waals surface area contributed by atoms with Crippen LogP contribution in [0.3, 0.4) is 0 Å². The molecule has 5 rings (SSSR count). The summed E-state index contributed by atoms with van der Waals surface area (Å²) in [5.74, 6) is -0.464. The van der Waals surface area contributed by atoms with Crippen LogP contribution in [-0.4, -0.2) is 44.1 Å². The lowest BCUT2D eigenvalue weighted by atomic mass is 9.68. The lowest BCUT2D eigenvalue weighted by molar-refractivity contribution is -0.139. The van der Waals surface area contributed by atoms with Crippen molar-refractivity contribution in [1.82, 2.24) is 4.90 Å². The summed E-state index contributed by atoms with van der Waals surface area (Å²) >= 11 is 0. The van der Waals surface area contributed by atoms with E-state index < -0.39 is 11.3 Å². The Morgan fingerprint density at radius 1 is 0.895 bits per heavy atom. The molecule has 4 aromatic carbocycles. The molecule has 0 aromatic heterocycles. The standard InChI is InChI=1S/C32H30FN3O2/c1-32(22-34,31(37)36-20-18-35(19-21-36)28-16-7-6-15-27(28)33)30(26-13-5-8-17-29(26)38-2)25-14-9-11-23-10-3-4-12-24(23)25/h3-17,30H,18-21H2,1-2H3/t30?,32-/m1/s1. The predicted octanol–water partition coefficient (Wildman–Crippen LogP) is 6.00. The van der Waals surface area contributed by atoms with Gasteiger partial charge in [-0.2, -0.15) is 5.26 Å². The fourth-order valence-electron chi connectivity index (χ4n) is 5.62. The molecule has 1 aliphatic rings. The monoisotopic (exact) mass is 507 g/mol. The number of para-hydroxylation sites is 2. The van der Waals surface area contributed by atoms with Crippen LogP contribution in [0.5, 0.6) is 5.75 Å². The smallest absolute Gasteiger partial charge is 0.243 e. The predicted molar refractivity (Wildman–Crippen MR) is 148 cm³/mol. The molecule has 0 N–H and O–H groups in total. The van der Waals surface area contributed by atoms with Crippen LogP contribution in [-0.2, 0) is 4.79 Å². The van der Waals surface area contributed by atoms with Crippen molar-refractivity contribution in [1.29, 1.82) is 5.26 Å². The number of nitriles is 1. The summed E-state index contributed by atoms with van der Waals surface area (Å²) in [7, 11) is 1.60. The maximum absolute atomic E-state index is 14.4. The van der Waals surface area contributed by atoms with Crippen molar-refractivity contribution in [2.24, 2.45) is 5.41 Å². The number of carbonyl (C=O) groups excluding carboxylic acids is 1. The highest BCUT2D eigenvalue weighted by atomic mass is 19.1. The van der Waals surface area contributed by atoms with Gasteiger partial charge in [0.1, 0.15) is 17.0 Å². The van der Waals surface area contributed by atoms with Crippen molar-refractivity contribution in [3.63, 3.8) is 0 Å². The van der Waals surface area contributed by atoms with E-state index in [2.05, 4.69) is 6.07 Å². The Morgan fingerprint density at radius 2 is 1.53 bits per heavy atom. The van der Waals surface area contributed by atoms with E-state index in [0.29, 0.717) is 37.6 Å². The van der Waals surface area contributed by atoms with Gasteiger partial charge in [0, 0.05) is 37.7 Å². The van der Waals surface area contributed by atoms with Crippen LogP contribution in [0.4, 0.5) is 10.1 Å². The van der Waals surface area contributed by atoms with Gasteiger partial charge in [0.2, 0.25) is 5.91 Å². The first-order valence-electron chi connectivity index (χ1n) is 12.8. The van der Waals surface area contributed by atoms with Gasteiger partial charge >= 0.3 is 0 Å². The zero-order chi connectivity index (χ0) is 26.7. The quantitative estimate of drug-likeness (QED) is 0.321. The Hall–Kier alpha value is -4.37. The van der Waals surface area contributed by atoms with Crippen LogP contribution < -0.4 is 9.64 Å². The van der Waals surface area contributed by atoms with Gasteiger partial charge in [0.15, 0.2) is 0 Å². The minimum Gasteiger partial charge on any atom is -0.496 e. The molecular formula is C32H30FN3O2. The number of piperazine rings is 1. The molecule has 1 fully saturated rings. The number of hydrogen-bond donors (Lipinski definition) is 0. The van der Waals surface area contributed by atoms with Gasteiger partial charge in [0.25, 0.3) is 0 Å². The topological polar surface area (TPSA) is 56.6 Å². The zero-order valence-electron chi connectivity index (χ0n) is 21.6. The summed E-state index contributed by atoms with van der Waals surface area (Å²) in [4.78, 5) is 17.9. The Balaban J connectivity index is 1.55. The second kappa shape index (κ2) is 10.5. The van der Waals surface area contributed by atoms with E-state index in [1.807, 2.05) is 77.7 Å². The zero-order valence-corrected chi connectivity index (χ0v) is 21.6. The highest BCUT2D eigenvalue weighted by Gasteiger charge is 2.47. The summed E-state index contributed by atoms with van der Waals surface area (Å²) in [5.41, 5.74) is 0.799. The number of carbonyl (C=O) groups is 1. The number of rotatable bonds is 6. The summed E-state index contributed by atoms with van der Waals surface area (Å²) < 4.78 is 20.1. The van der Waals surface area contributed by atoms with E-state index in [-0.39, 0.29) is 11.7 Å². The molecule has 38 heavy (non-hydrogen) atoms. The molecule has 192 valence electrons. The second-order valence-corrected chi connectivity index (χ2v) is 9.79. The molecule has 5 nitrogen and oxygen atoms in total. The molecule has 0 aliphatic carbocycles. The molecule has 1 aliphatic heterocycles. The normalized spacial score (nSPS) is 15.9. The van der Waals surface area contributed by atoms with Crippen LogP contribution in [0, 0.1) is 22.6 Å². The molecule has 1 unspecified atom stereocenters. The Labute approximate surface area is 222 Å². The fourth-order valence-corrected chi connectivity index (χ4v) is 5.62. The fraction of sp³-hybridized carbons (Fsp3) is 0.250. The van der Waals surface area contributed by atoms with E-state index in [1.54, 1.807) is 31.1 Å². The molecule has 2 atom stereocenters. The van der Waals surface area contributed by atoms with Crippen molar-refractivity contribution in [3.8, 4) is 11.8 Å². The molecule has 1 heterocycles. The average Bonchev–Trinajstić information content (AvgIpc) is 2.97. The minimum absolute atomic E-state index is 0.239. The number of methoxy groups -OCH3 is 1. The van der Waals surface area contributed by atoms with Crippen molar-refractivity contribution >= 4 is 22.4 Å². The number of halogens is 1. The van der Waals surface area contributed by atoms with Crippen LogP contribution in [0.25, 0.3) is 10.8 Å². The van der Waals surface area contributed by atoms with E-state index in [0.717, 1.165) is 21.9 Å². The third kappa shape index (κ3) is 4.45. The van der Waals surface area contributed by atoms with E-state index in [4.69, 9.17) is 4.74 Å². The number of amides is 1. The first-order valence-corrected chi connectivity index (χ1v) is 12.8. The lowest BCUT2D eigenvalue weighted by Gasteiger charge is -2.41. The number of fused-ring (bicyclic) bond motifs is 1. The molecule has 0 saturated carbocycles. The largest absolute Gasteiger partial charge is 0.496 e. The first-order chi connectivity index (χ1) is 18.5. The van der Waals surface area contributed by atoms with Crippen LogP contribution in [0.15, 0.2) is 91.0 Å². The highest BCUT2D eigenvalue weighted by molar-refractivity contribution is 5.91. The Kier molecular flexibility index (Phi) is 7.02. The van der Waals surface area contributed by atoms with Crippen LogP contribution in [0.2, 0.25) is 0 Å². The first kappa shape index (κ1) is 25.3. The maximum Gasteiger partial charge on any atom is 0.243 e. The molecule has 6 heteroatoms. The molecule has 0 spiro atoms. The van der Waals surface area contributed by atoms with Gasteiger partial charge in [-0.3, -0.25) is 4.79 Å². The third-order valence-electron chi connectivity index (χ3n) is 7.60. The maximum atomic E-state index is 14.4. The molecule has 1 amide bonds. The number of benzene rings is 4. The van der Waals surface area contributed by atoms with Gasteiger partial charge in [-0.05, 0) is 41.5 Å². The van der Waals surface area contributed by atoms with Crippen LogP contribution in [0.1, 0.15) is 24.0 Å². The Bertz CT molecular complexity index is 1500. The lowest BCUT2D eigenvalue weighted by Crippen LogP contribution is -2.54. The minimum atomic E-state index is -1.42. The number of hydrogen-bond acceptors (Lipinski definition) is 4. The Morgan fingerprint density at radius 3 is 2.26 bits per heavy atom.